The molecule has 4 heteroatoms. The number of rotatable bonds is 3. The fourth-order valence-corrected chi connectivity index (χ4v) is 4.04. The Bertz CT molecular complexity index is 355. The average molecular weight is 315 g/mol. The molecule has 1 saturated carbocycles. The van der Waals surface area contributed by atoms with Crippen LogP contribution in [0.5, 0.6) is 0 Å². The van der Waals surface area contributed by atoms with Gasteiger partial charge in [-0.25, -0.2) is 4.98 Å². The number of nitrogens with zero attached hydrogens (tertiary/aromatic N) is 1. The first-order chi connectivity index (χ1) is 8.19. The Morgan fingerprint density at radius 3 is 2.88 bits per heavy atom. The van der Waals surface area contributed by atoms with E-state index in [1.807, 2.05) is 18.0 Å². The lowest BCUT2D eigenvalue weighted by Gasteiger charge is -2.34. The van der Waals surface area contributed by atoms with E-state index in [4.69, 9.17) is 0 Å². The molecular weight excluding hydrogens is 296 g/mol. The first-order valence-corrected chi connectivity index (χ1v) is 7.81. The summed E-state index contributed by atoms with van der Waals surface area (Å²) >= 11 is 5.34. The van der Waals surface area contributed by atoms with Crippen molar-refractivity contribution in [2.45, 2.75) is 42.5 Å². The zero-order valence-electron chi connectivity index (χ0n) is 10.3. The first-order valence-electron chi connectivity index (χ1n) is 6.14. The van der Waals surface area contributed by atoms with Crippen molar-refractivity contribution in [3.8, 4) is 0 Å². The maximum Gasteiger partial charge on any atom is 0.0963 e. The summed E-state index contributed by atoms with van der Waals surface area (Å²) < 4.78 is 1.05. The smallest absolute Gasteiger partial charge is 0.0963 e. The quantitative estimate of drug-likeness (QED) is 0.920. The van der Waals surface area contributed by atoms with Crippen molar-refractivity contribution in [3.63, 3.8) is 0 Å². The van der Waals surface area contributed by atoms with Gasteiger partial charge < -0.3 is 5.32 Å². The van der Waals surface area contributed by atoms with Crippen molar-refractivity contribution >= 4 is 27.7 Å². The fourth-order valence-electron chi connectivity index (χ4n) is 2.38. The van der Waals surface area contributed by atoms with Crippen LogP contribution in [0.1, 0.15) is 26.2 Å². The molecule has 2 nitrogen and oxygen atoms in total. The van der Waals surface area contributed by atoms with Crippen LogP contribution in [0.3, 0.4) is 0 Å². The molecule has 0 spiro atoms. The lowest BCUT2D eigenvalue weighted by atomic mass is 9.87. The van der Waals surface area contributed by atoms with E-state index >= 15 is 0 Å². The predicted molar refractivity (Wildman–Crippen MR) is 77.4 cm³/mol. The van der Waals surface area contributed by atoms with Crippen molar-refractivity contribution in [1.82, 2.24) is 10.3 Å². The highest BCUT2D eigenvalue weighted by Gasteiger charge is 2.28. The molecule has 3 atom stereocenters. The normalized spacial score (nSPS) is 29.2. The maximum atomic E-state index is 4.45. The van der Waals surface area contributed by atoms with E-state index in [-0.39, 0.29) is 0 Å². The molecule has 0 saturated heterocycles. The van der Waals surface area contributed by atoms with Crippen molar-refractivity contribution in [3.05, 3.63) is 22.8 Å². The second-order valence-corrected chi connectivity index (χ2v) is 6.96. The van der Waals surface area contributed by atoms with Crippen LogP contribution in [0.25, 0.3) is 0 Å². The molecule has 17 heavy (non-hydrogen) atoms. The van der Waals surface area contributed by atoms with Gasteiger partial charge >= 0.3 is 0 Å². The molecule has 1 aromatic heterocycles. The zero-order chi connectivity index (χ0) is 12.3. The van der Waals surface area contributed by atoms with Crippen LogP contribution >= 0.6 is 27.7 Å². The van der Waals surface area contributed by atoms with E-state index in [1.165, 1.54) is 19.3 Å². The molecule has 2 rings (SSSR count). The second-order valence-electron chi connectivity index (χ2n) is 4.78. The third kappa shape index (κ3) is 3.70. The van der Waals surface area contributed by atoms with Gasteiger partial charge in [0.2, 0.25) is 0 Å². The third-order valence-corrected chi connectivity index (χ3v) is 5.17. The van der Waals surface area contributed by atoms with Gasteiger partial charge in [-0.05, 0) is 60.3 Å². The molecule has 3 unspecified atom stereocenters. The van der Waals surface area contributed by atoms with E-state index < -0.39 is 0 Å². The number of nitrogens with one attached hydrogen (secondary N) is 1. The molecular formula is C13H19BrN2S. The summed E-state index contributed by atoms with van der Waals surface area (Å²) in [7, 11) is 2.07. The van der Waals surface area contributed by atoms with Crippen LogP contribution in [0.4, 0.5) is 0 Å². The summed E-state index contributed by atoms with van der Waals surface area (Å²) in [6.07, 6.45) is 5.79. The SMILES string of the molecule is CNC1CCC(C)CC1Sc1ccc(Br)cn1. The number of halogens is 1. The Hall–Kier alpha value is -0.0600. The monoisotopic (exact) mass is 314 g/mol. The van der Waals surface area contributed by atoms with Gasteiger partial charge in [-0.2, -0.15) is 0 Å². The van der Waals surface area contributed by atoms with Gasteiger partial charge in [0.1, 0.15) is 0 Å². The molecule has 0 amide bonds. The third-order valence-electron chi connectivity index (χ3n) is 3.40. The summed E-state index contributed by atoms with van der Waals surface area (Å²) in [6.45, 7) is 2.36. The number of thioether (sulfide) groups is 1. The van der Waals surface area contributed by atoms with E-state index in [0.717, 1.165) is 15.4 Å². The van der Waals surface area contributed by atoms with Crippen LogP contribution in [0, 0.1) is 5.92 Å². The van der Waals surface area contributed by atoms with Crippen LogP contribution in [-0.2, 0) is 0 Å². The molecule has 0 bridgehead atoms. The number of aromatic nitrogens is 1. The van der Waals surface area contributed by atoms with E-state index in [2.05, 4.69) is 52.3 Å². The Labute approximate surface area is 116 Å². The molecule has 1 aliphatic carbocycles. The standard InChI is InChI=1S/C13H19BrN2S/c1-9-3-5-11(15-2)12(7-9)17-13-6-4-10(14)8-16-13/h4,6,8-9,11-12,15H,3,5,7H2,1-2H3. The number of pyridine rings is 1. The van der Waals surface area contributed by atoms with Gasteiger partial charge in [-0.3, -0.25) is 0 Å². The molecule has 1 heterocycles. The average Bonchev–Trinajstić information content (AvgIpc) is 2.32. The fraction of sp³-hybridized carbons (Fsp3) is 0.615. The van der Waals surface area contributed by atoms with Crippen molar-refractivity contribution in [2.75, 3.05) is 7.05 Å². The van der Waals surface area contributed by atoms with Crippen LogP contribution < -0.4 is 5.32 Å². The maximum absolute atomic E-state index is 4.45. The molecule has 94 valence electrons. The van der Waals surface area contributed by atoms with Gasteiger partial charge in [-0.1, -0.05) is 6.92 Å². The predicted octanol–water partition coefficient (Wildman–Crippen LogP) is 3.71. The summed E-state index contributed by atoms with van der Waals surface area (Å²) in [6, 6.07) is 4.79. The highest BCUT2D eigenvalue weighted by molar-refractivity contribution is 9.10. The number of hydrogen-bond acceptors (Lipinski definition) is 3. The Morgan fingerprint density at radius 2 is 2.24 bits per heavy atom. The topological polar surface area (TPSA) is 24.9 Å². The van der Waals surface area contributed by atoms with Crippen LogP contribution in [0.15, 0.2) is 27.8 Å². The molecule has 0 radical (unpaired) electrons. The van der Waals surface area contributed by atoms with E-state index in [0.29, 0.717) is 11.3 Å². The Balaban J connectivity index is 2.02. The molecule has 1 aliphatic rings. The van der Waals surface area contributed by atoms with E-state index in [9.17, 15) is 0 Å². The minimum absolute atomic E-state index is 0.627. The largest absolute Gasteiger partial charge is 0.316 e. The molecule has 1 N–H and O–H groups in total. The molecule has 1 aromatic rings. The Morgan fingerprint density at radius 1 is 1.41 bits per heavy atom. The van der Waals surface area contributed by atoms with Crippen molar-refractivity contribution in [1.29, 1.82) is 0 Å². The van der Waals surface area contributed by atoms with Gasteiger partial charge in [0.05, 0.1) is 5.03 Å². The summed E-state index contributed by atoms with van der Waals surface area (Å²) in [5.41, 5.74) is 0. The second kappa shape index (κ2) is 6.21. The Kier molecular flexibility index (Phi) is 4.88. The number of hydrogen-bond donors (Lipinski definition) is 1. The summed E-state index contributed by atoms with van der Waals surface area (Å²) in [5, 5.41) is 5.23. The zero-order valence-corrected chi connectivity index (χ0v) is 12.7. The molecule has 0 aliphatic heterocycles. The van der Waals surface area contributed by atoms with Crippen molar-refractivity contribution in [2.24, 2.45) is 5.92 Å². The van der Waals surface area contributed by atoms with Gasteiger partial charge in [0.15, 0.2) is 0 Å². The minimum atomic E-state index is 0.627. The lowest BCUT2D eigenvalue weighted by molar-refractivity contribution is 0.329. The van der Waals surface area contributed by atoms with E-state index in [1.54, 1.807) is 0 Å². The molecule has 1 fully saturated rings. The highest BCUT2D eigenvalue weighted by atomic mass is 79.9. The van der Waals surface area contributed by atoms with Gasteiger partial charge in [0.25, 0.3) is 0 Å². The van der Waals surface area contributed by atoms with Crippen LogP contribution in [-0.4, -0.2) is 23.3 Å². The lowest BCUT2D eigenvalue weighted by Crippen LogP contribution is -2.40. The van der Waals surface area contributed by atoms with Crippen LogP contribution in [0.2, 0.25) is 0 Å². The van der Waals surface area contributed by atoms with Gasteiger partial charge in [-0.15, -0.1) is 11.8 Å². The highest BCUT2D eigenvalue weighted by Crippen LogP contribution is 2.35. The first kappa shape index (κ1) is 13.4. The minimum Gasteiger partial charge on any atom is -0.316 e. The molecule has 0 aromatic carbocycles. The summed E-state index contributed by atoms with van der Waals surface area (Å²) in [5.74, 6) is 0.840. The summed E-state index contributed by atoms with van der Waals surface area (Å²) in [4.78, 5) is 4.45. The van der Waals surface area contributed by atoms with Crippen molar-refractivity contribution < 1.29 is 0 Å². The van der Waals surface area contributed by atoms with Gasteiger partial charge in [0, 0.05) is 22.0 Å².